The van der Waals surface area contributed by atoms with Gasteiger partial charge in [-0.1, -0.05) is 178 Å². The molecule has 10 aromatic rings. The lowest BCUT2D eigenvalue weighted by Gasteiger charge is -2.35. The lowest BCUT2D eigenvalue weighted by Crippen LogP contribution is -2.28. The fraction of sp³-hybridized carbons (Fsp3) is 0.0690. The Morgan fingerprint density at radius 2 is 0.900 bits per heavy atom. The molecule has 0 spiro atoms. The van der Waals surface area contributed by atoms with Crippen LogP contribution in [-0.2, 0) is 10.8 Å². The number of rotatable bonds is 6. The minimum absolute atomic E-state index is 0.109. The summed E-state index contributed by atoms with van der Waals surface area (Å²) in [6, 6.07) is 78.0. The summed E-state index contributed by atoms with van der Waals surface area (Å²) in [6.07, 6.45) is 0. The Morgan fingerprint density at radius 3 is 1.65 bits per heavy atom. The van der Waals surface area contributed by atoms with Gasteiger partial charge in [0.15, 0.2) is 0 Å². The van der Waals surface area contributed by atoms with E-state index in [-0.39, 0.29) is 5.41 Å². The van der Waals surface area contributed by atoms with E-state index in [4.69, 9.17) is 4.42 Å². The number of furan rings is 1. The number of hydrogen-bond acceptors (Lipinski definition) is 2. The lowest BCUT2D eigenvalue weighted by atomic mass is 9.67. The largest absolute Gasteiger partial charge is 0.456 e. The monoisotopic (exact) mass is 767 g/mol. The average Bonchev–Trinajstić information content (AvgIpc) is 3.91. The predicted octanol–water partition coefficient (Wildman–Crippen LogP) is 15.4. The van der Waals surface area contributed by atoms with Gasteiger partial charge < -0.3 is 9.32 Å². The molecule has 2 heteroatoms. The highest BCUT2D eigenvalue weighted by molar-refractivity contribution is 6.06. The summed E-state index contributed by atoms with van der Waals surface area (Å²) >= 11 is 0. The molecule has 0 saturated heterocycles. The molecule has 0 bridgehead atoms. The zero-order chi connectivity index (χ0) is 40.0. The first-order valence-corrected chi connectivity index (χ1v) is 20.9. The van der Waals surface area contributed by atoms with Crippen molar-refractivity contribution in [2.45, 2.75) is 24.7 Å². The van der Waals surface area contributed by atoms with Crippen LogP contribution in [0.3, 0.4) is 0 Å². The third-order valence-electron chi connectivity index (χ3n) is 13.3. The first kappa shape index (κ1) is 34.6. The van der Waals surface area contributed by atoms with Crippen LogP contribution in [0.5, 0.6) is 0 Å². The molecule has 0 N–H and O–H groups in total. The fourth-order valence-corrected chi connectivity index (χ4v) is 10.8. The lowest BCUT2D eigenvalue weighted by molar-refractivity contribution is 0.662. The molecule has 12 rings (SSSR count). The van der Waals surface area contributed by atoms with Crippen LogP contribution in [0.15, 0.2) is 217 Å². The van der Waals surface area contributed by atoms with Crippen LogP contribution in [0.1, 0.15) is 47.2 Å². The number of benzene rings is 9. The van der Waals surface area contributed by atoms with Crippen LogP contribution in [0.2, 0.25) is 0 Å². The Kier molecular flexibility index (Phi) is 7.52. The second-order valence-corrected chi connectivity index (χ2v) is 16.8. The van der Waals surface area contributed by atoms with Crippen LogP contribution in [0.25, 0.3) is 55.3 Å². The van der Waals surface area contributed by atoms with Crippen LogP contribution in [0, 0.1) is 0 Å². The third-order valence-corrected chi connectivity index (χ3v) is 13.3. The molecule has 0 radical (unpaired) electrons. The molecule has 2 aliphatic carbocycles. The summed E-state index contributed by atoms with van der Waals surface area (Å²) in [5.41, 5.74) is 20.0. The Balaban J connectivity index is 1.07. The van der Waals surface area contributed by atoms with Gasteiger partial charge in [0, 0.05) is 33.2 Å². The van der Waals surface area contributed by atoms with Gasteiger partial charge in [-0.05, 0) is 115 Å². The summed E-state index contributed by atoms with van der Waals surface area (Å²) in [7, 11) is 0. The molecule has 0 amide bonds. The van der Waals surface area contributed by atoms with E-state index >= 15 is 0 Å². The summed E-state index contributed by atoms with van der Waals surface area (Å²) in [5.74, 6) is 0. The van der Waals surface area contributed by atoms with Gasteiger partial charge in [-0.2, -0.15) is 0 Å². The molecule has 60 heavy (non-hydrogen) atoms. The number of fused-ring (bicyclic) bond motifs is 9. The molecule has 2 nitrogen and oxygen atoms in total. The van der Waals surface area contributed by atoms with Gasteiger partial charge in [0.2, 0.25) is 0 Å². The van der Waals surface area contributed by atoms with Crippen molar-refractivity contribution in [3.05, 3.63) is 246 Å². The van der Waals surface area contributed by atoms with E-state index in [1.54, 1.807) is 0 Å². The molecule has 0 atom stereocenters. The number of nitrogens with zero attached hydrogens (tertiary/aromatic N) is 1. The van der Waals surface area contributed by atoms with Gasteiger partial charge in [0.25, 0.3) is 0 Å². The molecule has 0 fully saturated rings. The van der Waals surface area contributed by atoms with Crippen LogP contribution < -0.4 is 4.90 Å². The van der Waals surface area contributed by atoms with Crippen molar-refractivity contribution in [2.24, 2.45) is 0 Å². The zero-order valence-electron chi connectivity index (χ0n) is 33.6. The van der Waals surface area contributed by atoms with Gasteiger partial charge in [0.1, 0.15) is 11.2 Å². The van der Waals surface area contributed by atoms with Gasteiger partial charge in [-0.15, -0.1) is 0 Å². The number of hydrogen-bond donors (Lipinski definition) is 0. The summed E-state index contributed by atoms with van der Waals surface area (Å²) in [6.45, 7) is 4.73. The number of para-hydroxylation sites is 1. The van der Waals surface area contributed by atoms with E-state index in [1.807, 2.05) is 6.07 Å². The van der Waals surface area contributed by atoms with Crippen LogP contribution >= 0.6 is 0 Å². The average molecular weight is 768 g/mol. The smallest absolute Gasteiger partial charge is 0.135 e. The van der Waals surface area contributed by atoms with Crippen LogP contribution in [-0.4, -0.2) is 0 Å². The van der Waals surface area contributed by atoms with Gasteiger partial charge in [-0.3, -0.25) is 0 Å². The van der Waals surface area contributed by atoms with Crippen LogP contribution in [0.4, 0.5) is 17.1 Å². The van der Waals surface area contributed by atoms with Crippen molar-refractivity contribution >= 4 is 39.0 Å². The van der Waals surface area contributed by atoms with Gasteiger partial charge >= 0.3 is 0 Å². The van der Waals surface area contributed by atoms with Gasteiger partial charge in [0.05, 0.1) is 5.41 Å². The van der Waals surface area contributed by atoms with E-state index in [1.165, 1.54) is 66.8 Å². The van der Waals surface area contributed by atoms with Crippen molar-refractivity contribution in [1.82, 2.24) is 0 Å². The van der Waals surface area contributed by atoms with Crippen molar-refractivity contribution in [3.8, 4) is 33.4 Å². The quantitative estimate of drug-likeness (QED) is 0.168. The highest BCUT2D eigenvalue weighted by Crippen LogP contribution is 2.58. The Labute approximate surface area is 350 Å². The minimum Gasteiger partial charge on any atom is -0.456 e. The SMILES string of the molecule is CC1(C)c2ccccc2-c2cccc(-c3ccc(N(c4ccc5c(c4)C(c4ccccc4)(c4ccccc4)c4ccccc4-5)c4ccc5oc6ccccc6c5c4)cc3)c21. The van der Waals surface area contributed by atoms with E-state index in [2.05, 4.69) is 225 Å². The predicted molar refractivity (Wildman–Crippen MR) is 249 cm³/mol. The zero-order valence-corrected chi connectivity index (χ0v) is 33.6. The second kappa shape index (κ2) is 13.0. The highest BCUT2D eigenvalue weighted by atomic mass is 16.3. The van der Waals surface area contributed by atoms with E-state index < -0.39 is 5.41 Å². The molecule has 1 heterocycles. The molecule has 1 aromatic heterocycles. The summed E-state index contributed by atoms with van der Waals surface area (Å²) in [5, 5.41) is 2.21. The normalized spacial score (nSPS) is 14.1. The number of anilines is 3. The maximum atomic E-state index is 6.34. The summed E-state index contributed by atoms with van der Waals surface area (Å²) in [4.78, 5) is 2.42. The van der Waals surface area contributed by atoms with E-state index in [0.29, 0.717) is 0 Å². The molecular formula is C58H41NO. The van der Waals surface area contributed by atoms with Crippen molar-refractivity contribution in [1.29, 1.82) is 0 Å². The first-order valence-electron chi connectivity index (χ1n) is 20.9. The Hall–Kier alpha value is -7.42. The maximum Gasteiger partial charge on any atom is 0.135 e. The van der Waals surface area contributed by atoms with Crippen molar-refractivity contribution < 1.29 is 4.42 Å². The molecular weight excluding hydrogens is 727 g/mol. The molecule has 2 aliphatic rings. The molecule has 0 saturated carbocycles. The topological polar surface area (TPSA) is 16.4 Å². The Morgan fingerprint density at radius 1 is 0.367 bits per heavy atom. The third kappa shape index (κ3) is 4.88. The highest BCUT2D eigenvalue weighted by Gasteiger charge is 2.46. The fourth-order valence-electron chi connectivity index (χ4n) is 10.8. The molecule has 284 valence electrons. The standard InChI is InChI=1S/C58H41NO/c1-57(2)51-25-12-9-21-46(51)49-24-15-23-44(56(49)57)38-28-30-41(31-29-38)59(42-33-35-55-50(36-42)48-22-11-14-27-54(48)60-55)43-32-34-47-45-20-10-13-26-52(45)58(53(47)37-43,39-16-5-3-6-17-39)40-18-7-4-8-19-40/h3-37H,1-2H3. The van der Waals surface area contributed by atoms with E-state index in [0.717, 1.165) is 39.0 Å². The van der Waals surface area contributed by atoms with E-state index in [9.17, 15) is 0 Å². The second-order valence-electron chi connectivity index (χ2n) is 16.8. The summed E-state index contributed by atoms with van der Waals surface area (Å²) < 4.78 is 6.34. The molecule has 0 aliphatic heterocycles. The Bertz CT molecular complexity index is 3240. The first-order chi connectivity index (χ1) is 29.5. The van der Waals surface area contributed by atoms with Crippen molar-refractivity contribution in [2.75, 3.05) is 4.90 Å². The molecule has 0 unspecified atom stereocenters. The molecule has 9 aromatic carbocycles. The minimum atomic E-state index is -0.511. The maximum absolute atomic E-state index is 6.34. The van der Waals surface area contributed by atoms with Gasteiger partial charge in [-0.25, -0.2) is 0 Å². The van der Waals surface area contributed by atoms with Crippen molar-refractivity contribution in [3.63, 3.8) is 0 Å².